The fourth-order valence-electron chi connectivity index (χ4n) is 6.81. The average Bonchev–Trinajstić information content (AvgIpc) is 3.03. The first-order chi connectivity index (χ1) is 13.5. The van der Waals surface area contributed by atoms with Gasteiger partial charge in [0.25, 0.3) is 0 Å². The first kappa shape index (κ1) is 20.2. The Kier molecular flexibility index (Phi) is 5.99. The summed E-state index contributed by atoms with van der Waals surface area (Å²) in [7, 11) is 4.21. The minimum Gasteiger partial charge on any atom is -0.376 e. The molecule has 0 bridgehead atoms. The predicted molar refractivity (Wildman–Crippen MR) is 118 cm³/mol. The van der Waals surface area contributed by atoms with Crippen molar-refractivity contribution in [2.75, 3.05) is 33.9 Å². The Bertz CT molecular complexity index is 708. The minimum absolute atomic E-state index is 0.409. The van der Waals surface area contributed by atoms with E-state index >= 15 is 0 Å². The first-order valence-electron chi connectivity index (χ1n) is 11.5. The maximum Gasteiger partial charge on any atom is 0.0650 e. The van der Waals surface area contributed by atoms with E-state index in [9.17, 15) is 0 Å². The number of nitrogens with zero attached hydrogens (tertiary/aromatic N) is 1. The quantitative estimate of drug-likeness (QED) is 0.464. The topological polar surface area (TPSA) is 12.5 Å². The highest BCUT2D eigenvalue weighted by molar-refractivity contribution is 5.37. The van der Waals surface area contributed by atoms with E-state index in [1.165, 1.54) is 38.5 Å². The van der Waals surface area contributed by atoms with Crippen molar-refractivity contribution in [3.05, 3.63) is 47.0 Å². The fraction of sp³-hybridized carbons (Fsp3) is 0.692. The van der Waals surface area contributed by atoms with Crippen LogP contribution in [0.4, 0.5) is 0 Å². The van der Waals surface area contributed by atoms with Gasteiger partial charge >= 0.3 is 0 Å². The highest BCUT2D eigenvalue weighted by Crippen LogP contribution is 2.64. The van der Waals surface area contributed by atoms with Crippen molar-refractivity contribution in [3.8, 4) is 0 Å². The summed E-state index contributed by atoms with van der Waals surface area (Å²) in [6.45, 7) is 7.63. The SMILES string of the molecule is CCC1Cc2ccccc2[C@H]2CC[C@]3(C)C(=CCOCCN(C)C)CC[C@H]3[C@H]12. The third kappa shape index (κ3) is 3.59. The Morgan fingerprint density at radius 3 is 2.82 bits per heavy atom. The smallest absolute Gasteiger partial charge is 0.0650 e. The van der Waals surface area contributed by atoms with Crippen LogP contribution in [-0.4, -0.2) is 38.8 Å². The summed E-state index contributed by atoms with van der Waals surface area (Å²) in [5.74, 6) is 3.39. The molecule has 28 heavy (non-hydrogen) atoms. The van der Waals surface area contributed by atoms with Crippen LogP contribution in [0.3, 0.4) is 0 Å². The highest BCUT2D eigenvalue weighted by atomic mass is 16.5. The van der Waals surface area contributed by atoms with Gasteiger partial charge in [0.1, 0.15) is 0 Å². The van der Waals surface area contributed by atoms with Gasteiger partial charge in [0.15, 0.2) is 0 Å². The zero-order chi connectivity index (χ0) is 19.7. The van der Waals surface area contributed by atoms with Crippen molar-refractivity contribution in [3.63, 3.8) is 0 Å². The molecule has 0 radical (unpaired) electrons. The molecule has 5 atom stereocenters. The average molecular weight is 382 g/mol. The third-order valence-electron chi connectivity index (χ3n) is 8.32. The molecule has 0 saturated heterocycles. The monoisotopic (exact) mass is 381 g/mol. The van der Waals surface area contributed by atoms with E-state index in [2.05, 4.69) is 63.2 Å². The second kappa shape index (κ2) is 8.32. The zero-order valence-corrected chi connectivity index (χ0v) is 18.4. The molecule has 1 unspecified atom stereocenters. The Balaban J connectivity index is 1.52. The Labute approximate surface area is 172 Å². The highest BCUT2D eigenvalue weighted by Gasteiger charge is 2.54. The van der Waals surface area contributed by atoms with E-state index in [1.807, 2.05) is 0 Å². The van der Waals surface area contributed by atoms with Crippen LogP contribution in [0, 0.1) is 23.2 Å². The first-order valence-corrected chi connectivity index (χ1v) is 11.5. The number of hydrogen-bond acceptors (Lipinski definition) is 2. The molecule has 1 aromatic rings. The molecule has 2 saturated carbocycles. The molecule has 3 aliphatic rings. The van der Waals surface area contributed by atoms with Crippen molar-refractivity contribution in [1.82, 2.24) is 4.90 Å². The van der Waals surface area contributed by atoms with Crippen molar-refractivity contribution >= 4 is 0 Å². The molecule has 3 aliphatic carbocycles. The van der Waals surface area contributed by atoms with Gasteiger partial charge in [-0.25, -0.2) is 0 Å². The fourth-order valence-corrected chi connectivity index (χ4v) is 6.81. The summed E-state index contributed by atoms with van der Waals surface area (Å²) in [4.78, 5) is 2.19. The molecule has 1 aromatic carbocycles. The van der Waals surface area contributed by atoms with Crippen LogP contribution >= 0.6 is 0 Å². The van der Waals surface area contributed by atoms with Gasteiger partial charge in [-0.05, 0) is 86.4 Å². The molecule has 0 spiro atoms. The summed E-state index contributed by atoms with van der Waals surface area (Å²) in [5, 5.41) is 0. The van der Waals surface area contributed by atoms with Crippen LogP contribution in [0.15, 0.2) is 35.9 Å². The van der Waals surface area contributed by atoms with E-state index in [0.29, 0.717) is 5.41 Å². The summed E-state index contributed by atoms with van der Waals surface area (Å²) < 4.78 is 5.91. The Hall–Kier alpha value is -1.12. The van der Waals surface area contributed by atoms with E-state index in [1.54, 1.807) is 16.7 Å². The van der Waals surface area contributed by atoms with Crippen LogP contribution in [-0.2, 0) is 11.2 Å². The molecule has 154 valence electrons. The second-order valence-electron chi connectivity index (χ2n) is 9.96. The molecule has 2 nitrogen and oxygen atoms in total. The molecule has 0 aliphatic heterocycles. The zero-order valence-electron chi connectivity index (χ0n) is 18.4. The lowest BCUT2D eigenvalue weighted by Crippen LogP contribution is -2.44. The molecule has 4 rings (SSSR count). The number of fused-ring (bicyclic) bond motifs is 5. The lowest BCUT2D eigenvalue weighted by atomic mass is 9.52. The second-order valence-corrected chi connectivity index (χ2v) is 9.96. The van der Waals surface area contributed by atoms with Crippen molar-refractivity contribution in [2.45, 2.75) is 58.3 Å². The van der Waals surface area contributed by atoms with Gasteiger partial charge in [0.05, 0.1) is 13.2 Å². The molecule has 0 amide bonds. The van der Waals surface area contributed by atoms with Gasteiger partial charge in [-0.15, -0.1) is 0 Å². The van der Waals surface area contributed by atoms with E-state index in [4.69, 9.17) is 4.74 Å². The molecule has 0 aromatic heterocycles. The largest absolute Gasteiger partial charge is 0.376 e. The Morgan fingerprint density at radius 1 is 1.21 bits per heavy atom. The minimum atomic E-state index is 0.409. The van der Waals surface area contributed by atoms with Gasteiger partial charge < -0.3 is 9.64 Å². The van der Waals surface area contributed by atoms with Crippen molar-refractivity contribution in [2.24, 2.45) is 23.2 Å². The van der Waals surface area contributed by atoms with Gasteiger partial charge in [-0.3, -0.25) is 0 Å². The van der Waals surface area contributed by atoms with Crippen LogP contribution < -0.4 is 0 Å². The number of ether oxygens (including phenoxy) is 1. The van der Waals surface area contributed by atoms with Gasteiger partial charge in [0, 0.05) is 6.54 Å². The van der Waals surface area contributed by atoms with Gasteiger partial charge in [-0.2, -0.15) is 0 Å². The molecule has 2 heteroatoms. The number of benzene rings is 1. The predicted octanol–water partition coefficient (Wildman–Crippen LogP) is 5.68. The van der Waals surface area contributed by atoms with Crippen molar-refractivity contribution < 1.29 is 4.74 Å². The summed E-state index contributed by atoms with van der Waals surface area (Å²) in [5.41, 5.74) is 5.44. The summed E-state index contributed by atoms with van der Waals surface area (Å²) in [6.07, 6.45) is 10.5. The molecule has 0 N–H and O–H groups in total. The standard InChI is InChI=1S/C26H39NO/c1-5-19-18-20-8-6-7-9-22(20)23-12-14-26(2)21(10-11-24(26)25(19)23)13-16-28-17-15-27(3)4/h6-9,13,19,23-25H,5,10-12,14-18H2,1-4H3/t19?,23-,24+,25-,26-/m1/s1. The maximum absolute atomic E-state index is 5.91. The van der Waals surface area contributed by atoms with Crippen LogP contribution in [0.2, 0.25) is 0 Å². The van der Waals surface area contributed by atoms with Crippen molar-refractivity contribution in [1.29, 1.82) is 0 Å². The molecular formula is C26H39NO. The van der Waals surface area contributed by atoms with E-state index in [-0.39, 0.29) is 0 Å². The lowest BCUT2D eigenvalue weighted by Gasteiger charge is -2.52. The number of hydrogen-bond donors (Lipinski definition) is 0. The molecule has 0 heterocycles. The maximum atomic E-state index is 5.91. The van der Waals surface area contributed by atoms with Crippen LogP contribution in [0.5, 0.6) is 0 Å². The number of rotatable bonds is 6. The van der Waals surface area contributed by atoms with Crippen LogP contribution in [0.25, 0.3) is 0 Å². The summed E-state index contributed by atoms with van der Waals surface area (Å²) in [6, 6.07) is 9.34. The van der Waals surface area contributed by atoms with Gasteiger partial charge in [0.2, 0.25) is 0 Å². The third-order valence-corrected chi connectivity index (χ3v) is 8.32. The van der Waals surface area contributed by atoms with Gasteiger partial charge in [-0.1, -0.05) is 56.2 Å². The van der Waals surface area contributed by atoms with Crippen LogP contribution in [0.1, 0.15) is 63.0 Å². The Morgan fingerprint density at radius 2 is 2.04 bits per heavy atom. The van der Waals surface area contributed by atoms with E-state index < -0.39 is 0 Å². The number of likely N-dealkylation sites (N-methyl/N-ethyl adjacent to an activating group) is 1. The van der Waals surface area contributed by atoms with E-state index in [0.717, 1.165) is 43.4 Å². The lowest BCUT2D eigenvalue weighted by molar-refractivity contribution is 0.0409. The normalized spacial score (nSPS) is 35.7. The summed E-state index contributed by atoms with van der Waals surface area (Å²) >= 11 is 0. The number of allylic oxidation sites excluding steroid dienone is 1. The molecule has 2 fully saturated rings. The molecular weight excluding hydrogens is 342 g/mol.